The van der Waals surface area contributed by atoms with E-state index < -0.39 is 22.9 Å². The molecule has 0 aliphatic carbocycles. The predicted molar refractivity (Wildman–Crippen MR) is 98.8 cm³/mol. The highest BCUT2D eigenvalue weighted by Gasteiger charge is 2.29. The van der Waals surface area contributed by atoms with Crippen LogP contribution in [-0.2, 0) is 20.6 Å². The molecule has 134 valence electrons. The summed E-state index contributed by atoms with van der Waals surface area (Å²) in [6.07, 6.45) is 0. The fraction of sp³-hybridized carbons (Fsp3) is 0.316. The van der Waals surface area contributed by atoms with Gasteiger partial charge in [0, 0.05) is 7.05 Å². The summed E-state index contributed by atoms with van der Waals surface area (Å²) < 4.78 is 15.8. The van der Waals surface area contributed by atoms with Crippen LogP contribution in [-0.4, -0.2) is 29.3 Å². The van der Waals surface area contributed by atoms with Crippen molar-refractivity contribution in [2.45, 2.75) is 24.8 Å². The Morgan fingerprint density at radius 3 is 2.28 bits per heavy atom. The monoisotopic (exact) mass is 360 g/mol. The van der Waals surface area contributed by atoms with Crippen LogP contribution in [0.25, 0.3) is 0 Å². The number of hydroxylamine groups is 2. The van der Waals surface area contributed by atoms with E-state index >= 15 is 0 Å². The Bertz CT molecular complexity index is 719. The normalized spacial score (nSPS) is 14.6. The second kappa shape index (κ2) is 8.89. The first kappa shape index (κ1) is 19.3. The third-order valence-electron chi connectivity index (χ3n) is 4.10. The zero-order valence-corrected chi connectivity index (χ0v) is 15.7. The molecule has 0 aromatic heterocycles. The Kier molecular flexibility index (Phi) is 6.87. The van der Waals surface area contributed by atoms with Crippen molar-refractivity contribution < 1.29 is 13.8 Å². The van der Waals surface area contributed by atoms with Crippen molar-refractivity contribution in [2.75, 3.05) is 14.2 Å². The summed E-state index contributed by atoms with van der Waals surface area (Å²) in [5.74, 6) is -0.647. The lowest BCUT2D eigenvalue weighted by Gasteiger charge is -2.27. The fourth-order valence-electron chi connectivity index (χ4n) is 2.48. The van der Waals surface area contributed by atoms with E-state index in [9.17, 15) is 9.00 Å². The second-order valence-corrected chi connectivity index (χ2v) is 7.14. The Morgan fingerprint density at radius 2 is 1.72 bits per heavy atom. The van der Waals surface area contributed by atoms with Crippen molar-refractivity contribution in [3.63, 3.8) is 0 Å². The van der Waals surface area contributed by atoms with Crippen LogP contribution in [0.15, 0.2) is 59.5 Å². The molecule has 6 heteroatoms. The van der Waals surface area contributed by atoms with Crippen molar-refractivity contribution in [3.05, 3.63) is 65.7 Å². The molecule has 1 amide bonds. The Morgan fingerprint density at radius 1 is 1.12 bits per heavy atom. The molecule has 1 unspecified atom stereocenters. The molecule has 1 N–H and O–H groups in total. The number of carbonyl (C=O) groups excluding carboxylic acids is 1. The van der Waals surface area contributed by atoms with E-state index in [-0.39, 0.29) is 5.91 Å². The lowest BCUT2D eigenvalue weighted by molar-refractivity contribution is -0.173. The van der Waals surface area contributed by atoms with Crippen molar-refractivity contribution in [3.8, 4) is 0 Å². The van der Waals surface area contributed by atoms with E-state index in [1.165, 1.54) is 12.2 Å². The van der Waals surface area contributed by atoms with Crippen LogP contribution >= 0.6 is 0 Å². The molecule has 0 aliphatic heterocycles. The average Bonchev–Trinajstić information content (AvgIpc) is 2.65. The number of amides is 1. The van der Waals surface area contributed by atoms with E-state index in [1.54, 1.807) is 14.0 Å². The Balaban J connectivity index is 2.27. The summed E-state index contributed by atoms with van der Waals surface area (Å²) in [5.41, 5.74) is 2.00. The minimum absolute atomic E-state index is 0.190. The standard InChI is InChI=1S/C19H24N2O3S/c1-14-10-12-17(13-11-14)25(23)20-18(16-8-6-5-7-9-16)15(2)19(22)21(3)24-4/h5-13,15,18,20H,1-4H3/t15-,18-,25?/m1/s1. The molecule has 2 aromatic carbocycles. The zero-order chi connectivity index (χ0) is 18.4. The molecule has 0 fully saturated rings. The summed E-state index contributed by atoms with van der Waals surface area (Å²) in [4.78, 5) is 18.2. The molecule has 0 heterocycles. The van der Waals surface area contributed by atoms with Gasteiger partial charge in [-0.3, -0.25) is 9.63 Å². The summed E-state index contributed by atoms with van der Waals surface area (Å²) in [6, 6.07) is 16.6. The van der Waals surface area contributed by atoms with Crippen LogP contribution < -0.4 is 4.72 Å². The van der Waals surface area contributed by atoms with Gasteiger partial charge in [0.25, 0.3) is 5.91 Å². The van der Waals surface area contributed by atoms with Gasteiger partial charge in [0.05, 0.1) is 24.0 Å². The van der Waals surface area contributed by atoms with Gasteiger partial charge < -0.3 is 0 Å². The van der Waals surface area contributed by atoms with Crippen molar-refractivity contribution in [2.24, 2.45) is 5.92 Å². The molecular weight excluding hydrogens is 336 g/mol. The van der Waals surface area contributed by atoms with Gasteiger partial charge in [0.2, 0.25) is 0 Å². The van der Waals surface area contributed by atoms with E-state index in [1.807, 2.05) is 61.5 Å². The third-order valence-corrected chi connectivity index (χ3v) is 5.27. The van der Waals surface area contributed by atoms with Crippen molar-refractivity contribution in [1.29, 1.82) is 0 Å². The maximum absolute atomic E-state index is 12.7. The average molecular weight is 360 g/mol. The highest BCUT2D eigenvalue weighted by atomic mass is 32.2. The number of nitrogens with zero attached hydrogens (tertiary/aromatic N) is 1. The molecule has 0 bridgehead atoms. The maximum atomic E-state index is 12.7. The molecule has 2 aromatic rings. The SMILES string of the molecule is CON(C)C(=O)[C@H](C)[C@@H](NS(=O)c1ccc(C)cc1)c1ccccc1. The van der Waals surface area contributed by atoms with Gasteiger partial charge >= 0.3 is 0 Å². The first-order valence-corrected chi connectivity index (χ1v) is 9.20. The van der Waals surface area contributed by atoms with Crippen molar-refractivity contribution in [1.82, 2.24) is 9.79 Å². The number of nitrogens with one attached hydrogen (secondary N) is 1. The highest BCUT2D eigenvalue weighted by molar-refractivity contribution is 7.83. The molecule has 0 saturated heterocycles. The van der Waals surface area contributed by atoms with Crippen molar-refractivity contribution >= 4 is 16.9 Å². The van der Waals surface area contributed by atoms with Crippen LogP contribution in [0.5, 0.6) is 0 Å². The highest BCUT2D eigenvalue weighted by Crippen LogP contribution is 2.25. The zero-order valence-electron chi connectivity index (χ0n) is 14.9. The van der Waals surface area contributed by atoms with Gasteiger partial charge in [-0.2, -0.15) is 0 Å². The molecule has 0 saturated carbocycles. The molecule has 5 nitrogen and oxygen atoms in total. The van der Waals surface area contributed by atoms with Crippen LogP contribution in [0.4, 0.5) is 0 Å². The maximum Gasteiger partial charge on any atom is 0.250 e. The first-order valence-electron chi connectivity index (χ1n) is 8.05. The van der Waals surface area contributed by atoms with E-state index in [0.29, 0.717) is 4.90 Å². The van der Waals surface area contributed by atoms with E-state index in [4.69, 9.17) is 4.84 Å². The summed E-state index contributed by atoms with van der Waals surface area (Å²) in [5, 5.41) is 1.19. The lowest BCUT2D eigenvalue weighted by Crippen LogP contribution is -2.39. The smallest absolute Gasteiger partial charge is 0.250 e. The van der Waals surface area contributed by atoms with E-state index in [0.717, 1.165) is 11.1 Å². The largest absolute Gasteiger partial charge is 0.275 e. The number of rotatable bonds is 7. The molecule has 3 atom stereocenters. The first-order chi connectivity index (χ1) is 11.9. The van der Waals surface area contributed by atoms with Gasteiger partial charge in [-0.05, 0) is 24.6 Å². The van der Waals surface area contributed by atoms with Crippen LogP contribution in [0.1, 0.15) is 24.1 Å². The van der Waals surface area contributed by atoms with Crippen LogP contribution in [0.2, 0.25) is 0 Å². The van der Waals surface area contributed by atoms with Gasteiger partial charge in [-0.1, -0.05) is 55.0 Å². The number of carbonyl (C=O) groups is 1. The number of benzene rings is 2. The molecule has 0 spiro atoms. The van der Waals surface area contributed by atoms with E-state index in [2.05, 4.69) is 4.72 Å². The molecule has 25 heavy (non-hydrogen) atoms. The lowest BCUT2D eigenvalue weighted by atomic mass is 9.94. The van der Waals surface area contributed by atoms with Gasteiger partial charge in [-0.25, -0.2) is 14.0 Å². The van der Waals surface area contributed by atoms with Crippen LogP contribution in [0.3, 0.4) is 0 Å². The predicted octanol–water partition coefficient (Wildman–Crippen LogP) is 3.00. The molecular formula is C19H24N2O3S. The molecule has 0 radical (unpaired) electrons. The quantitative estimate of drug-likeness (QED) is 0.772. The third kappa shape index (κ3) is 4.98. The minimum atomic E-state index is -1.44. The fourth-order valence-corrected chi connectivity index (χ4v) is 3.57. The molecule has 0 aliphatic rings. The summed E-state index contributed by atoms with van der Waals surface area (Å²) in [6.45, 7) is 3.78. The second-order valence-electron chi connectivity index (χ2n) is 5.89. The molecule has 2 rings (SSSR count). The van der Waals surface area contributed by atoms with Gasteiger partial charge in [-0.15, -0.1) is 0 Å². The Labute approximate surface area is 151 Å². The minimum Gasteiger partial charge on any atom is -0.275 e. The number of aryl methyl sites for hydroxylation is 1. The van der Waals surface area contributed by atoms with Gasteiger partial charge in [0.15, 0.2) is 0 Å². The topological polar surface area (TPSA) is 58.6 Å². The Hall–Kier alpha value is -2.02. The summed E-state index contributed by atoms with van der Waals surface area (Å²) >= 11 is 0. The number of hydrogen-bond donors (Lipinski definition) is 1. The summed E-state index contributed by atoms with van der Waals surface area (Å²) in [7, 11) is 1.58. The van der Waals surface area contributed by atoms with Crippen LogP contribution in [0, 0.1) is 12.8 Å². The number of hydrogen-bond acceptors (Lipinski definition) is 3. The van der Waals surface area contributed by atoms with Gasteiger partial charge in [0.1, 0.15) is 11.0 Å².